The first kappa shape index (κ1) is 12.4. The van der Waals surface area contributed by atoms with E-state index < -0.39 is 0 Å². The van der Waals surface area contributed by atoms with Crippen molar-refractivity contribution >= 4 is 0 Å². The summed E-state index contributed by atoms with van der Waals surface area (Å²) in [5, 5.41) is 12.3. The highest BCUT2D eigenvalue weighted by atomic mass is 16.5. The third kappa shape index (κ3) is 3.20. The molecule has 3 heteroatoms. The van der Waals surface area contributed by atoms with Gasteiger partial charge in [-0.15, -0.1) is 0 Å². The Hall–Kier alpha value is -1.06. The summed E-state index contributed by atoms with van der Waals surface area (Å²) < 4.78 is 5.75. The third-order valence-electron chi connectivity index (χ3n) is 3.16. The summed E-state index contributed by atoms with van der Waals surface area (Å²) in [6.07, 6.45) is 2.98. The fraction of sp³-hybridized carbons (Fsp3) is 0.571. The van der Waals surface area contributed by atoms with E-state index in [0.29, 0.717) is 6.04 Å². The van der Waals surface area contributed by atoms with E-state index in [4.69, 9.17) is 9.84 Å². The lowest BCUT2D eigenvalue weighted by molar-refractivity contribution is 0.282. The molecule has 94 valence electrons. The van der Waals surface area contributed by atoms with Crippen molar-refractivity contribution < 1.29 is 9.84 Å². The van der Waals surface area contributed by atoms with Crippen LogP contribution >= 0.6 is 0 Å². The van der Waals surface area contributed by atoms with Gasteiger partial charge >= 0.3 is 0 Å². The molecule has 2 rings (SSSR count). The summed E-state index contributed by atoms with van der Waals surface area (Å²) in [6, 6.07) is 6.72. The normalized spacial score (nSPS) is 19.3. The van der Waals surface area contributed by atoms with Crippen LogP contribution in [0, 0.1) is 6.92 Å². The Morgan fingerprint density at radius 2 is 2.35 bits per heavy atom. The van der Waals surface area contributed by atoms with E-state index in [9.17, 15) is 0 Å². The zero-order chi connectivity index (χ0) is 12.1. The van der Waals surface area contributed by atoms with E-state index in [-0.39, 0.29) is 6.61 Å². The lowest BCUT2D eigenvalue weighted by Gasteiger charge is -2.18. The molecule has 0 aromatic heterocycles. The van der Waals surface area contributed by atoms with Gasteiger partial charge in [-0.25, -0.2) is 0 Å². The highest BCUT2D eigenvalue weighted by Gasteiger charge is 2.18. The summed E-state index contributed by atoms with van der Waals surface area (Å²) in [5.41, 5.74) is 2.53. The van der Waals surface area contributed by atoms with E-state index in [1.807, 2.05) is 0 Å². The minimum absolute atomic E-state index is 0.247. The average molecular weight is 235 g/mol. The molecule has 1 aromatic rings. The predicted molar refractivity (Wildman–Crippen MR) is 68.4 cm³/mol. The molecule has 1 aliphatic rings. The van der Waals surface area contributed by atoms with Crippen LogP contribution in [0.5, 0.6) is 5.75 Å². The summed E-state index contributed by atoms with van der Waals surface area (Å²) in [7, 11) is 0. The van der Waals surface area contributed by atoms with Crippen LogP contribution in [0.3, 0.4) is 0 Å². The van der Waals surface area contributed by atoms with Crippen LogP contribution in [0.4, 0.5) is 0 Å². The monoisotopic (exact) mass is 235 g/mol. The summed E-state index contributed by atoms with van der Waals surface area (Å²) in [5.74, 6) is 1.01. The van der Waals surface area contributed by atoms with Gasteiger partial charge in [-0.1, -0.05) is 17.7 Å². The Kier molecular flexibility index (Phi) is 4.40. The molecule has 2 N–H and O–H groups in total. The summed E-state index contributed by atoms with van der Waals surface area (Å²) >= 11 is 0. The fourth-order valence-electron chi connectivity index (χ4n) is 2.26. The maximum atomic E-state index is 8.83. The minimum atomic E-state index is 0.247. The Labute approximate surface area is 103 Å². The van der Waals surface area contributed by atoms with E-state index >= 15 is 0 Å². The van der Waals surface area contributed by atoms with Crippen LogP contribution in [-0.2, 0) is 0 Å². The molecule has 1 unspecified atom stereocenters. The molecular formula is C14H21NO2. The quantitative estimate of drug-likeness (QED) is 0.786. The molecular weight excluding hydrogens is 214 g/mol. The SMILES string of the molecule is Cc1ccc2c(c1)C(NCCCO)CCCO2. The van der Waals surface area contributed by atoms with Crippen molar-refractivity contribution in [2.24, 2.45) is 0 Å². The Morgan fingerprint density at radius 3 is 3.18 bits per heavy atom. The number of fused-ring (bicyclic) bond motifs is 1. The second kappa shape index (κ2) is 6.03. The zero-order valence-corrected chi connectivity index (χ0v) is 10.4. The number of hydrogen-bond donors (Lipinski definition) is 2. The van der Waals surface area contributed by atoms with Crippen molar-refractivity contribution in [2.45, 2.75) is 32.2 Å². The smallest absolute Gasteiger partial charge is 0.124 e. The second-order valence-electron chi connectivity index (χ2n) is 4.62. The van der Waals surface area contributed by atoms with Crippen LogP contribution in [0.2, 0.25) is 0 Å². The number of hydrogen-bond acceptors (Lipinski definition) is 3. The van der Waals surface area contributed by atoms with Crippen LogP contribution in [-0.4, -0.2) is 24.9 Å². The van der Waals surface area contributed by atoms with E-state index in [2.05, 4.69) is 30.4 Å². The first-order valence-corrected chi connectivity index (χ1v) is 6.39. The largest absolute Gasteiger partial charge is 0.493 e. The van der Waals surface area contributed by atoms with Crippen LogP contribution in [0.25, 0.3) is 0 Å². The molecule has 0 radical (unpaired) electrons. The van der Waals surface area contributed by atoms with Crippen molar-refractivity contribution in [2.75, 3.05) is 19.8 Å². The highest BCUT2D eigenvalue weighted by molar-refractivity contribution is 5.39. The number of aryl methyl sites for hydroxylation is 1. The van der Waals surface area contributed by atoms with Gasteiger partial charge in [0, 0.05) is 18.2 Å². The maximum Gasteiger partial charge on any atom is 0.124 e. The van der Waals surface area contributed by atoms with E-state index in [1.165, 1.54) is 11.1 Å². The molecule has 0 bridgehead atoms. The minimum Gasteiger partial charge on any atom is -0.493 e. The van der Waals surface area contributed by atoms with Gasteiger partial charge in [0.2, 0.25) is 0 Å². The average Bonchev–Trinajstić information content (AvgIpc) is 2.52. The Balaban J connectivity index is 2.13. The van der Waals surface area contributed by atoms with Gasteiger partial charge < -0.3 is 15.2 Å². The summed E-state index contributed by atoms with van der Waals surface area (Å²) in [6.45, 7) is 4.01. The molecule has 0 saturated carbocycles. The summed E-state index contributed by atoms with van der Waals surface area (Å²) in [4.78, 5) is 0. The number of benzene rings is 1. The zero-order valence-electron chi connectivity index (χ0n) is 10.4. The predicted octanol–water partition coefficient (Wildman–Crippen LogP) is 2.18. The maximum absolute atomic E-state index is 8.83. The van der Waals surface area contributed by atoms with Gasteiger partial charge in [0.15, 0.2) is 0 Å². The lowest BCUT2D eigenvalue weighted by atomic mass is 10.00. The van der Waals surface area contributed by atoms with Gasteiger partial charge in [-0.05, 0) is 38.8 Å². The van der Waals surface area contributed by atoms with Crippen molar-refractivity contribution in [1.29, 1.82) is 0 Å². The number of nitrogens with one attached hydrogen (secondary N) is 1. The molecule has 1 aromatic carbocycles. The fourth-order valence-corrected chi connectivity index (χ4v) is 2.26. The molecule has 1 atom stereocenters. The van der Waals surface area contributed by atoms with E-state index in [0.717, 1.165) is 38.2 Å². The van der Waals surface area contributed by atoms with Crippen molar-refractivity contribution in [3.05, 3.63) is 29.3 Å². The van der Waals surface area contributed by atoms with Crippen molar-refractivity contribution in [3.63, 3.8) is 0 Å². The third-order valence-corrected chi connectivity index (χ3v) is 3.16. The van der Waals surface area contributed by atoms with Gasteiger partial charge in [-0.2, -0.15) is 0 Å². The number of ether oxygens (including phenoxy) is 1. The molecule has 3 nitrogen and oxygen atoms in total. The molecule has 17 heavy (non-hydrogen) atoms. The van der Waals surface area contributed by atoms with Gasteiger partial charge in [0.05, 0.1) is 6.61 Å². The van der Waals surface area contributed by atoms with Crippen LogP contribution in [0.1, 0.15) is 36.4 Å². The van der Waals surface area contributed by atoms with Crippen molar-refractivity contribution in [3.8, 4) is 5.75 Å². The van der Waals surface area contributed by atoms with Crippen LogP contribution < -0.4 is 10.1 Å². The first-order valence-electron chi connectivity index (χ1n) is 6.39. The molecule has 0 amide bonds. The molecule has 0 fully saturated rings. The number of rotatable bonds is 4. The lowest BCUT2D eigenvalue weighted by Crippen LogP contribution is -2.22. The molecule has 0 spiro atoms. The number of aliphatic hydroxyl groups is 1. The second-order valence-corrected chi connectivity index (χ2v) is 4.62. The first-order chi connectivity index (χ1) is 8.31. The van der Waals surface area contributed by atoms with Crippen molar-refractivity contribution in [1.82, 2.24) is 5.32 Å². The Morgan fingerprint density at radius 1 is 1.47 bits per heavy atom. The standard InChI is InChI=1S/C14H21NO2/c1-11-5-6-14-12(10-11)13(4-2-9-17-14)15-7-3-8-16/h5-6,10,13,15-16H,2-4,7-9H2,1H3. The topological polar surface area (TPSA) is 41.5 Å². The molecule has 0 aliphatic carbocycles. The highest BCUT2D eigenvalue weighted by Crippen LogP contribution is 2.32. The molecule has 1 aliphatic heterocycles. The van der Waals surface area contributed by atoms with Gasteiger partial charge in [-0.3, -0.25) is 0 Å². The molecule has 1 heterocycles. The Bertz CT molecular complexity index is 365. The molecule has 0 saturated heterocycles. The van der Waals surface area contributed by atoms with Crippen LogP contribution in [0.15, 0.2) is 18.2 Å². The number of aliphatic hydroxyl groups excluding tert-OH is 1. The van der Waals surface area contributed by atoms with Gasteiger partial charge in [0.1, 0.15) is 5.75 Å². The van der Waals surface area contributed by atoms with E-state index in [1.54, 1.807) is 0 Å². The van der Waals surface area contributed by atoms with Gasteiger partial charge in [0.25, 0.3) is 0 Å².